The van der Waals surface area contributed by atoms with Crippen LogP contribution in [0, 0.1) is 5.92 Å². The molecule has 14 heavy (non-hydrogen) atoms. The fourth-order valence-corrected chi connectivity index (χ4v) is 1.60. The SMILES string of the molecule is CC(C)C(=O)N1CCNC(=O)C1(C)C. The molecule has 1 fully saturated rings. The Hall–Kier alpha value is -1.06. The van der Waals surface area contributed by atoms with Crippen molar-refractivity contribution in [3.63, 3.8) is 0 Å². The van der Waals surface area contributed by atoms with Crippen LogP contribution in [0.2, 0.25) is 0 Å². The highest BCUT2D eigenvalue weighted by molar-refractivity contribution is 5.92. The zero-order valence-corrected chi connectivity index (χ0v) is 9.26. The summed E-state index contributed by atoms with van der Waals surface area (Å²) in [7, 11) is 0. The van der Waals surface area contributed by atoms with Crippen LogP contribution in [0.25, 0.3) is 0 Å². The van der Waals surface area contributed by atoms with Crippen molar-refractivity contribution in [1.29, 1.82) is 0 Å². The normalized spacial score (nSPS) is 20.9. The number of carbonyl (C=O) groups excluding carboxylic acids is 2. The smallest absolute Gasteiger partial charge is 0.245 e. The number of hydrogen-bond donors (Lipinski definition) is 1. The van der Waals surface area contributed by atoms with Crippen molar-refractivity contribution in [2.45, 2.75) is 33.2 Å². The Labute approximate surface area is 84.7 Å². The van der Waals surface area contributed by atoms with E-state index in [-0.39, 0.29) is 17.7 Å². The Morgan fingerprint density at radius 1 is 1.50 bits per heavy atom. The first kappa shape index (κ1) is 11.0. The molecule has 2 amide bonds. The van der Waals surface area contributed by atoms with Crippen molar-refractivity contribution in [1.82, 2.24) is 10.2 Å². The molecule has 1 aliphatic rings. The third-order valence-corrected chi connectivity index (χ3v) is 2.61. The highest BCUT2D eigenvalue weighted by Gasteiger charge is 2.40. The monoisotopic (exact) mass is 198 g/mol. The molecular formula is C10H18N2O2. The fourth-order valence-electron chi connectivity index (χ4n) is 1.60. The van der Waals surface area contributed by atoms with Crippen LogP contribution in [0.4, 0.5) is 0 Å². The van der Waals surface area contributed by atoms with Gasteiger partial charge in [-0.2, -0.15) is 0 Å². The third kappa shape index (κ3) is 1.74. The average Bonchev–Trinajstić information content (AvgIpc) is 2.08. The second-order valence-electron chi connectivity index (χ2n) is 4.46. The zero-order valence-electron chi connectivity index (χ0n) is 9.26. The maximum absolute atomic E-state index is 11.8. The molecular weight excluding hydrogens is 180 g/mol. The van der Waals surface area contributed by atoms with Crippen LogP contribution in [0.3, 0.4) is 0 Å². The first-order chi connectivity index (χ1) is 6.37. The van der Waals surface area contributed by atoms with Gasteiger partial charge in [0.2, 0.25) is 11.8 Å². The Morgan fingerprint density at radius 3 is 2.57 bits per heavy atom. The summed E-state index contributed by atoms with van der Waals surface area (Å²) in [5.41, 5.74) is -0.709. The number of rotatable bonds is 1. The second kappa shape index (κ2) is 3.59. The van der Waals surface area contributed by atoms with E-state index < -0.39 is 5.54 Å². The van der Waals surface area contributed by atoms with Gasteiger partial charge in [0.25, 0.3) is 0 Å². The van der Waals surface area contributed by atoms with Gasteiger partial charge < -0.3 is 10.2 Å². The first-order valence-electron chi connectivity index (χ1n) is 4.97. The maximum Gasteiger partial charge on any atom is 0.245 e. The van der Waals surface area contributed by atoms with Crippen molar-refractivity contribution >= 4 is 11.8 Å². The number of piperazine rings is 1. The summed E-state index contributed by atoms with van der Waals surface area (Å²) >= 11 is 0. The number of nitrogens with one attached hydrogen (secondary N) is 1. The minimum Gasteiger partial charge on any atom is -0.352 e. The third-order valence-electron chi connectivity index (χ3n) is 2.61. The second-order valence-corrected chi connectivity index (χ2v) is 4.46. The van der Waals surface area contributed by atoms with Crippen LogP contribution < -0.4 is 5.32 Å². The molecule has 0 aromatic carbocycles. The average molecular weight is 198 g/mol. The Balaban J connectivity index is 2.87. The van der Waals surface area contributed by atoms with Gasteiger partial charge in [-0.15, -0.1) is 0 Å². The molecule has 0 atom stereocenters. The lowest BCUT2D eigenvalue weighted by molar-refractivity contribution is -0.151. The lowest BCUT2D eigenvalue weighted by atomic mass is 9.97. The standard InChI is InChI=1S/C10H18N2O2/c1-7(2)8(13)12-6-5-11-9(14)10(12,3)4/h7H,5-6H2,1-4H3,(H,11,14). The van der Waals surface area contributed by atoms with Crippen LogP contribution in [0.15, 0.2) is 0 Å². The molecule has 4 heteroatoms. The lowest BCUT2D eigenvalue weighted by Gasteiger charge is -2.42. The van der Waals surface area contributed by atoms with Crippen molar-refractivity contribution in [2.24, 2.45) is 5.92 Å². The quantitative estimate of drug-likeness (QED) is 0.662. The van der Waals surface area contributed by atoms with Gasteiger partial charge in [0.05, 0.1) is 0 Å². The zero-order chi connectivity index (χ0) is 10.9. The molecule has 1 aliphatic heterocycles. The summed E-state index contributed by atoms with van der Waals surface area (Å²) in [6, 6.07) is 0. The van der Waals surface area contributed by atoms with Crippen LogP contribution in [0.5, 0.6) is 0 Å². The molecule has 0 unspecified atom stereocenters. The summed E-state index contributed by atoms with van der Waals surface area (Å²) in [5, 5.41) is 2.76. The highest BCUT2D eigenvalue weighted by Crippen LogP contribution is 2.19. The largest absolute Gasteiger partial charge is 0.352 e. The van der Waals surface area contributed by atoms with Gasteiger partial charge in [-0.3, -0.25) is 9.59 Å². The van der Waals surface area contributed by atoms with Crippen molar-refractivity contribution < 1.29 is 9.59 Å². The number of carbonyl (C=O) groups is 2. The van der Waals surface area contributed by atoms with Gasteiger partial charge in [0.15, 0.2) is 0 Å². The minimum absolute atomic E-state index is 0.0462. The predicted molar refractivity (Wildman–Crippen MR) is 53.6 cm³/mol. The van der Waals surface area contributed by atoms with E-state index in [1.807, 2.05) is 13.8 Å². The summed E-state index contributed by atoms with van der Waals surface area (Å²) < 4.78 is 0. The number of nitrogens with zero attached hydrogens (tertiary/aromatic N) is 1. The van der Waals surface area contributed by atoms with Gasteiger partial charge >= 0.3 is 0 Å². The van der Waals surface area contributed by atoms with Gasteiger partial charge in [0.1, 0.15) is 5.54 Å². The topological polar surface area (TPSA) is 49.4 Å². The highest BCUT2D eigenvalue weighted by atomic mass is 16.2. The summed E-state index contributed by atoms with van der Waals surface area (Å²) in [5.74, 6) is -0.0808. The molecule has 0 aromatic heterocycles. The van der Waals surface area contributed by atoms with Gasteiger partial charge in [-0.25, -0.2) is 0 Å². The van der Waals surface area contributed by atoms with Crippen LogP contribution >= 0.6 is 0 Å². The molecule has 4 nitrogen and oxygen atoms in total. The lowest BCUT2D eigenvalue weighted by Crippen LogP contribution is -2.64. The minimum atomic E-state index is -0.709. The van der Waals surface area contributed by atoms with Crippen LogP contribution in [-0.2, 0) is 9.59 Å². The van der Waals surface area contributed by atoms with Gasteiger partial charge in [-0.05, 0) is 13.8 Å². The predicted octanol–water partition coefficient (Wildman–Crippen LogP) is 0.379. The fraction of sp³-hybridized carbons (Fsp3) is 0.800. The number of amides is 2. The molecule has 1 heterocycles. The van der Waals surface area contributed by atoms with E-state index >= 15 is 0 Å². The van der Waals surface area contributed by atoms with Crippen molar-refractivity contribution in [3.8, 4) is 0 Å². The summed E-state index contributed by atoms with van der Waals surface area (Å²) in [4.78, 5) is 25.0. The number of hydrogen-bond acceptors (Lipinski definition) is 2. The molecule has 0 radical (unpaired) electrons. The summed E-state index contributed by atoms with van der Waals surface area (Å²) in [6.45, 7) is 8.43. The molecule has 0 saturated carbocycles. The van der Waals surface area contributed by atoms with E-state index in [1.54, 1.807) is 18.7 Å². The maximum atomic E-state index is 11.8. The molecule has 0 bridgehead atoms. The van der Waals surface area contributed by atoms with E-state index in [4.69, 9.17) is 0 Å². The molecule has 0 aliphatic carbocycles. The Kier molecular flexibility index (Phi) is 2.83. The van der Waals surface area contributed by atoms with E-state index in [2.05, 4.69) is 5.32 Å². The van der Waals surface area contributed by atoms with E-state index in [0.29, 0.717) is 13.1 Å². The molecule has 0 spiro atoms. The van der Waals surface area contributed by atoms with Crippen molar-refractivity contribution in [3.05, 3.63) is 0 Å². The van der Waals surface area contributed by atoms with Crippen LogP contribution in [-0.4, -0.2) is 35.3 Å². The summed E-state index contributed by atoms with van der Waals surface area (Å²) in [6.07, 6.45) is 0. The van der Waals surface area contributed by atoms with Gasteiger partial charge in [-0.1, -0.05) is 13.8 Å². The Morgan fingerprint density at radius 2 is 2.07 bits per heavy atom. The van der Waals surface area contributed by atoms with E-state index in [1.165, 1.54) is 0 Å². The first-order valence-corrected chi connectivity index (χ1v) is 4.97. The molecule has 1 rings (SSSR count). The molecule has 0 aromatic rings. The molecule has 80 valence electrons. The van der Waals surface area contributed by atoms with E-state index in [0.717, 1.165) is 0 Å². The molecule has 1 N–H and O–H groups in total. The van der Waals surface area contributed by atoms with Crippen molar-refractivity contribution in [2.75, 3.05) is 13.1 Å². The Bertz CT molecular complexity index is 259. The molecule has 1 saturated heterocycles. The van der Waals surface area contributed by atoms with Gasteiger partial charge in [0, 0.05) is 19.0 Å². The van der Waals surface area contributed by atoms with E-state index in [9.17, 15) is 9.59 Å². The van der Waals surface area contributed by atoms with Crippen LogP contribution in [0.1, 0.15) is 27.7 Å².